The number of benzene rings is 2. The monoisotopic (exact) mass is 412 g/mol. The molecule has 0 fully saturated rings. The molecule has 0 heterocycles. The quantitative estimate of drug-likeness (QED) is 0.570. The van der Waals surface area contributed by atoms with E-state index in [4.69, 9.17) is 0 Å². The fourth-order valence-electron chi connectivity index (χ4n) is 2.94. The lowest BCUT2D eigenvalue weighted by Crippen LogP contribution is -2.49. The highest BCUT2D eigenvalue weighted by Crippen LogP contribution is 2.20. The number of carbonyl (C=O) groups excluding carboxylic acids is 2. The van der Waals surface area contributed by atoms with Gasteiger partial charge in [-0.3, -0.25) is 9.59 Å². The third-order valence-electron chi connectivity index (χ3n) is 5.10. The molecule has 2 aromatic rings. The zero-order valence-corrected chi connectivity index (χ0v) is 18.7. The lowest BCUT2D eigenvalue weighted by atomic mass is 10.1. The lowest BCUT2D eigenvalue weighted by molar-refractivity contribution is -0.140. The summed E-state index contributed by atoms with van der Waals surface area (Å²) in [4.78, 5) is 28.7. The van der Waals surface area contributed by atoms with Crippen LogP contribution in [0.5, 0.6) is 0 Å². The Kier molecular flexibility index (Phi) is 9.26. The first-order chi connectivity index (χ1) is 13.9. The van der Waals surface area contributed by atoms with Gasteiger partial charge in [-0.05, 0) is 50.5 Å². The molecule has 1 N–H and O–H groups in total. The summed E-state index contributed by atoms with van der Waals surface area (Å²) >= 11 is 1.66. The fourth-order valence-corrected chi connectivity index (χ4v) is 3.80. The first-order valence-corrected chi connectivity index (χ1v) is 11.2. The van der Waals surface area contributed by atoms with E-state index in [0.717, 1.165) is 22.4 Å². The van der Waals surface area contributed by atoms with Gasteiger partial charge in [0.25, 0.3) is 0 Å². The maximum atomic E-state index is 13.1. The van der Waals surface area contributed by atoms with Gasteiger partial charge < -0.3 is 10.2 Å². The van der Waals surface area contributed by atoms with Crippen molar-refractivity contribution < 1.29 is 9.59 Å². The molecule has 0 unspecified atom stereocenters. The second-order valence-electron chi connectivity index (χ2n) is 7.35. The SMILES string of the molecule is CC[C@H](C)NC(=O)[C@H](C)N(Cc1ccccc1C)C(=O)CCSc1ccccc1. The average Bonchev–Trinajstić information content (AvgIpc) is 2.73. The van der Waals surface area contributed by atoms with Crippen LogP contribution in [0.3, 0.4) is 0 Å². The topological polar surface area (TPSA) is 49.4 Å². The number of rotatable bonds is 10. The van der Waals surface area contributed by atoms with Crippen LogP contribution >= 0.6 is 11.8 Å². The van der Waals surface area contributed by atoms with Crippen molar-refractivity contribution in [1.29, 1.82) is 0 Å². The Hall–Kier alpha value is -2.27. The minimum absolute atomic E-state index is 0.00323. The molecular weight excluding hydrogens is 380 g/mol. The fraction of sp³-hybridized carbons (Fsp3) is 0.417. The summed E-state index contributed by atoms with van der Waals surface area (Å²) in [5.41, 5.74) is 2.19. The minimum Gasteiger partial charge on any atom is -0.352 e. The summed E-state index contributed by atoms with van der Waals surface area (Å²) < 4.78 is 0. The summed E-state index contributed by atoms with van der Waals surface area (Å²) in [7, 11) is 0. The average molecular weight is 413 g/mol. The Balaban J connectivity index is 2.08. The van der Waals surface area contributed by atoms with Crippen molar-refractivity contribution in [1.82, 2.24) is 10.2 Å². The summed E-state index contributed by atoms with van der Waals surface area (Å²) in [5, 5.41) is 3.01. The predicted molar refractivity (Wildman–Crippen MR) is 121 cm³/mol. The van der Waals surface area contributed by atoms with Crippen LogP contribution in [-0.2, 0) is 16.1 Å². The Labute approximate surface area is 179 Å². The molecule has 29 heavy (non-hydrogen) atoms. The molecule has 156 valence electrons. The molecule has 2 rings (SSSR count). The molecule has 2 aromatic carbocycles. The van der Waals surface area contributed by atoms with Crippen molar-refractivity contribution in [3.8, 4) is 0 Å². The van der Waals surface area contributed by atoms with Crippen LogP contribution in [0.15, 0.2) is 59.5 Å². The molecule has 4 nitrogen and oxygen atoms in total. The van der Waals surface area contributed by atoms with Gasteiger partial charge in [-0.1, -0.05) is 49.4 Å². The van der Waals surface area contributed by atoms with Gasteiger partial charge >= 0.3 is 0 Å². The van der Waals surface area contributed by atoms with E-state index >= 15 is 0 Å². The zero-order valence-electron chi connectivity index (χ0n) is 17.9. The maximum Gasteiger partial charge on any atom is 0.242 e. The van der Waals surface area contributed by atoms with Crippen molar-refractivity contribution in [3.05, 3.63) is 65.7 Å². The van der Waals surface area contributed by atoms with Crippen LogP contribution in [-0.4, -0.2) is 34.6 Å². The first kappa shape index (κ1) is 23.0. The van der Waals surface area contributed by atoms with E-state index in [0.29, 0.717) is 18.7 Å². The Morgan fingerprint density at radius 1 is 1.03 bits per heavy atom. The van der Waals surface area contributed by atoms with Gasteiger partial charge in [0.2, 0.25) is 11.8 Å². The maximum absolute atomic E-state index is 13.1. The first-order valence-electron chi connectivity index (χ1n) is 10.2. The van der Waals surface area contributed by atoms with E-state index in [1.165, 1.54) is 0 Å². The zero-order chi connectivity index (χ0) is 21.2. The third-order valence-corrected chi connectivity index (χ3v) is 6.11. The second kappa shape index (κ2) is 11.7. The van der Waals surface area contributed by atoms with Gasteiger partial charge in [-0.25, -0.2) is 0 Å². The molecule has 0 aliphatic carbocycles. The van der Waals surface area contributed by atoms with Crippen LogP contribution < -0.4 is 5.32 Å². The van der Waals surface area contributed by atoms with Crippen LogP contribution in [0.4, 0.5) is 0 Å². The largest absolute Gasteiger partial charge is 0.352 e. The van der Waals surface area contributed by atoms with E-state index in [-0.39, 0.29) is 17.9 Å². The van der Waals surface area contributed by atoms with E-state index in [1.54, 1.807) is 16.7 Å². The summed E-state index contributed by atoms with van der Waals surface area (Å²) in [5.74, 6) is 0.591. The number of aryl methyl sites for hydroxylation is 1. The standard InChI is InChI=1S/C24H32N2O2S/c1-5-19(3)25-24(28)20(4)26(17-21-12-10-9-11-18(21)2)23(27)15-16-29-22-13-7-6-8-14-22/h6-14,19-20H,5,15-17H2,1-4H3,(H,25,28)/t19-,20-/m0/s1. The molecule has 0 aliphatic rings. The van der Waals surface area contributed by atoms with Crippen molar-refractivity contribution in [3.63, 3.8) is 0 Å². The molecule has 5 heteroatoms. The second-order valence-corrected chi connectivity index (χ2v) is 8.52. The molecule has 0 aromatic heterocycles. The van der Waals surface area contributed by atoms with E-state index < -0.39 is 6.04 Å². The number of nitrogens with one attached hydrogen (secondary N) is 1. The van der Waals surface area contributed by atoms with Gasteiger partial charge in [0.15, 0.2) is 0 Å². The molecule has 2 atom stereocenters. The number of thioether (sulfide) groups is 1. The van der Waals surface area contributed by atoms with E-state index in [2.05, 4.69) is 5.32 Å². The molecule has 0 saturated carbocycles. The highest BCUT2D eigenvalue weighted by molar-refractivity contribution is 7.99. The molecule has 0 aliphatic heterocycles. The van der Waals surface area contributed by atoms with Crippen LogP contribution in [0, 0.1) is 6.92 Å². The van der Waals surface area contributed by atoms with Crippen molar-refractivity contribution in [2.75, 3.05) is 5.75 Å². The molecule has 2 amide bonds. The summed E-state index contributed by atoms with van der Waals surface area (Å²) in [6.07, 6.45) is 1.25. The van der Waals surface area contributed by atoms with E-state index in [9.17, 15) is 9.59 Å². The number of hydrogen-bond donors (Lipinski definition) is 1. The van der Waals surface area contributed by atoms with Crippen LogP contribution in [0.1, 0.15) is 44.7 Å². The number of nitrogens with zero attached hydrogens (tertiary/aromatic N) is 1. The van der Waals surface area contributed by atoms with Gasteiger partial charge in [0.1, 0.15) is 6.04 Å². The molecular formula is C24H32N2O2S. The smallest absolute Gasteiger partial charge is 0.242 e. The number of carbonyl (C=O) groups is 2. The summed E-state index contributed by atoms with van der Waals surface area (Å²) in [6, 6.07) is 17.7. The Bertz CT molecular complexity index is 794. The molecule has 0 spiro atoms. The van der Waals surface area contributed by atoms with Gasteiger partial charge in [-0.2, -0.15) is 0 Å². The highest BCUT2D eigenvalue weighted by atomic mass is 32.2. The number of hydrogen-bond acceptors (Lipinski definition) is 3. The molecule has 0 radical (unpaired) electrons. The molecule has 0 saturated heterocycles. The van der Waals surface area contributed by atoms with Gasteiger partial charge in [0, 0.05) is 29.7 Å². The van der Waals surface area contributed by atoms with Crippen molar-refractivity contribution in [2.24, 2.45) is 0 Å². The van der Waals surface area contributed by atoms with Crippen molar-refractivity contribution in [2.45, 2.75) is 64.1 Å². The van der Waals surface area contributed by atoms with Crippen LogP contribution in [0.2, 0.25) is 0 Å². The predicted octanol–water partition coefficient (Wildman–Crippen LogP) is 4.81. The minimum atomic E-state index is -0.516. The van der Waals surface area contributed by atoms with Gasteiger partial charge in [0.05, 0.1) is 0 Å². The van der Waals surface area contributed by atoms with Gasteiger partial charge in [-0.15, -0.1) is 11.8 Å². The molecule has 0 bridgehead atoms. The van der Waals surface area contributed by atoms with Crippen LogP contribution in [0.25, 0.3) is 0 Å². The van der Waals surface area contributed by atoms with Crippen molar-refractivity contribution >= 4 is 23.6 Å². The normalized spacial score (nSPS) is 12.8. The highest BCUT2D eigenvalue weighted by Gasteiger charge is 2.26. The Morgan fingerprint density at radius 2 is 1.69 bits per heavy atom. The summed E-state index contributed by atoms with van der Waals surface area (Å²) in [6.45, 7) is 8.31. The van der Waals surface area contributed by atoms with E-state index in [1.807, 2.05) is 82.3 Å². The lowest BCUT2D eigenvalue weighted by Gasteiger charge is -2.30. The Morgan fingerprint density at radius 3 is 2.34 bits per heavy atom. The third kappa shape index (κ3) is 7.24. The number of amides is 2.